The fourth-order valence-corrected chi connectivity index (χ4v) is 4.53. The number of hydrogen-bond acceptors (Lipinski definition) is 7. The second-order valence-electron chi connectivity index (χ2n) is 6.62. The first kappa shape index (κ1) is 23.0. The molecule has 8 nitrogen and oxygen atoms in total. The Labute approximate surface area is 187 Å². The Balaban J connectivity index is 1.82. The van der Waals surface area contributed by atoms with E-state index in [0.717, 1.165) is 0 Å². The van der Waals surface area contributed by atoms with E-state index in [-0.39, 0.29) is 22.2 Å². The van der Waals surface area contributed by atoms with Crippen LogP contribution in [0.3, 0.4) is 0 Å². The van der Waals surface area contributed by atoms with Gasteiger partial charge in [0.05, 0.1) is 49.0 Å². The maximum atomic E-state index is 13.3. The van der Waals surface area contributed by atoms with E-state index in [1.165, 1.54) is 45.6 Å². The number of sulfone groups is 1. The van der Waals surface area contributed by atoms with Crippen LogP contribution in [-0.2, 0) is 14.6 Å². The van der Waals surface area contributed by atoms with Gasteiger partial charge in [0, 0.05) is 6.07 Å². The second kappa shape index (κ2) is 10.1. The molecule has 168 valence electrons. The summed E-state index contributed by atoms with van der Waals surface area (Å²) in [6.07, 6.45) is 0. The fraction of sp³-hybridized carbons (Fsp3) is 0.174. The number of carbonyl (C=O) groups excluding carboxylic acids is 1. The second-order valence-corrected chi connectivity index (χ2v) is 8.54. The van der Waals surface area contributed by atoms with Gasteiger partial charge in [0.15, 0.2) is 11.5 Å². The topological polar surface area (TPSA) is 103 Å². The molecule has 0 aliphatic heterocycles. The molecule has 3 aromatic rings. The monoisotopic (exact) mass is 456 g/mol. The van der Waals surface area contributed by atoms with Crippen molar-refractivity contribution in [2.24, 2.45) is 0 Å². The molecule has 0 aliphatic carbocycles. The summed E-state index contributed by atoms with van der Waals surface area (Å²) in [5.74, 6) is 0.895. The van der Waals surface area contributed by atoms with E-state index in [0.29, 0.717) is 28.6 Å². The van der Waals surface area contributed by atoms with Crippen LogP contribution in [0.5, 0.6) is 17.2 Å². The molecule has 0 saturated heterocycles. The number of carbonyl (C=O) groups is 1. The van der Waals surface area contributed by atoms with Gasteiger partial charge in [0.1, 0.15) is 5.75 Å². The molecule has 1 amide bonds. The Bertz CT molecular complexity index is 1210. The third-order valence-corrected chi connectivity index (χ3v) is 6.47. The molecule has 0 aliphatic rings. The summed E-state index contributed by atoms with van der Waals surface area (Å²) in [4.78, 5) is 12.5. The molecule has 0 spiro atoms. The summed E-state index contributed by atoms with van der Waals surface area (Å²) >= 11 is 0. The molecule has 2 N–H and O–H groups in total. The zero-order valence-electron chi connectivity index (χ0n) is 17.9. The van der Waals surface area contributed by atoms with Gasteiger partial charge in [0.25, 0.3) is 0 Å². The summed E-state index contributed by atoms with van der Waals surface area (Å²) in [6.45, 7) is -0.142. The van der Waals surface area contributed by atoms with Gasteiger partial charge in [-0.25, -0.2) is 8.42 Å². The van der Waals surface area contributed by atoms with Gasteiger partial charge in [-0.15, -0.1) is 0 Å². The van der Waals surface area contributed by atoms with E-state index in [4.69, 9.17) is 14.2 Å². The van der Waals surface area contributed by atoms with Crippen LogP contribution in [0.1, 0.15) is 0 Å². The van der Waals surface area contributed by atoms with Crippen LogP contribution >= 0.6 is 0 Å². The van der Waals surface area contributed by atoms with Crippen LogP contribution in [0.2, 0.25) is 0 Å². The SMILES string of the molecule is COc1ccccc1NC(=O)CNc1ccccc1S(=O)(=O)c1ccc(OC)c(OC)c1. The summed E-state index contributed by atoms with van der Waals surface area (Å²) in [5.41, 5.74) is 0.825. The first-order valence-electron chi connectivity index (χ1n) is 9.63. The van der Waals surface area contributed by atoms with E-state index >= 15 is 0 Å². The zero-order chi connectivity index (χ0) is 23.1. The Morgan fingerprint density at radius 3 is 2.09 bits per heavy atom. The zero-order valence-corrected chi connectivity index (χ0v) is 18.7. The molecule has 0 aromatic heterocycles. The lowest BCUT2D eigenvalue weighted by atomic mass is 10.3. The third kappa shape index (κ3) is 4.94. The molecule has 0 fully saturated rings. The van der Waals surface area contributed by atoms with E-state index in [1.54, 1.807) is 42.5 Å². The minimum Gasteiger partial charge on any atom is -0.495 e. The minimum atomic E-state index is -3.89. The number of hydrogen-bond donors (Lipinski definition) is 2. The number of benzene rings is 3. The van der Waals surface area contributed by atoms with Crippen molar-refractivity contribution in [3.05, 3.63) is 66.7 Å². The summed E-state index contributed by atoms with van der Waals surface area (Å²) < 4.78 is 42.2. The standard InChI is InChI=1S/C23H24N2O6S/c1-29-19-10-6-4-8-17(19)25-23(26)15-24-18-9-5-7-11-22(18)32(27,28)16-12-13-20(30-2)21(14-16)31-3/h4-14,24H,15H2,1-3H3,(H,25,26). The number of ether oxygens (including phenoxy) is 3. The number of nitrogens with one attached hydrogen (secondary N) is 2. The molecule has 3 aromatic carbocycles. The number of anilines is 2. The molecule has 0 saturated carbocycles. The first-order valence-corrected chi connectivity index (χ1v) is 11.1. The van der Waals surface area contributed by atoms with Crippen LogP contribution in [-0.4, -0.2) is 42.2 Å². The number of methoxy groups -OCH3 is 3. The molecule has 32 heavy (non-hydrogen) atoms. The van der Waals surface area contributed by atoms with Crippen LogP contribution in [0.25, 0.3) is 0 Å². The minimum absolute atomic E-state index is 0.0392. The smallest absolute Gasteiger partial charge is 0.243 e. The van der Waals surface area contributed by atoms with Crippen LogP contribution < -0.4 is 24.8 Å². The number of para-hydroxylation sites is 3. The largest absolute Gasteiger partial charge is 0.495 e. The normalized spacial score (nSPS) is 10.8. The summed E-state index contributed by atoms with van der Waals surface area (Å²) in [7, 11) is 0.526. The average Bonchev–Trinajstić information content (AvgIpc) is 2.82. The molecule has 0 atom stereocenters. The van der Waals surface area contributed by atoms with Crippen LogP contribution in [0.4, 0.5) is 11.4 Å². The van der Waals surface area contributed by atoms with Gasteiger partial charge >= 0.3 is 0 Å². The predicted octanol–water partition coefficient (Wildman–Crippen LogP) is 3.60. The predicted molar refractivity (Wildman–Crippen MR) is 122 cm³/mol. The quantitative estimate of drug-likeness (QED) is 0.507. The summed E-state index contributed by atoms with van der Waals surface area (Å²) in [5, 5.41) is 5.65. The van der Waals surface area contributed by atoms with E-state index in [2.05, 4.69) is 10.6 Å². The molecule has 0 unspecified atom stereocenters. The molecule has 9 heteroatoms. The third-order valence-electron chi connectivity index (χ3n) is 4.66. The van der Waals surface area contributed by atoms with Gasteiger partial charge in [-0.05, 0) is 36.4 Å². The Hall–Kier alpha value is -3.72. The Morgan fingerprint density at radius 1 is 0.781 bits per heavy atom. The summed E-state index contributed by atoms with van der Waals surface area (Å²) in [6, 6.07) is 17.8. The Kier molecular flexibility index (Phi) is 7.21. The molecular formula is C23H24N2O6S. The maximum Gasteiger partial charge on any atom is 0.243 e. The highest BCUT2D eigenvalue weighted by Crippen LogP contribution is 2.34. The first-order chi connectivity index (χ1) is 15.4. The number of amides is 1. The van der Waals surface area contributed by atoms with Crippen LogP contribution in [0, 0.1) is 0 Å². The van der Waals surface area contributed by atoms with Gasteiger partial charge in [-0.3, -0.25) is 4.79 Å². The lowest BCUT2D eigenvalue weighted by Crippen LogP contribution is -2.22. The number of rotatable bonds is 9. The van der Waals surface area contributed by atoms with Gasteiger partial charge in [-0.2, -0.15) is 0 Å². The van der Waals surface area contributed by atoms with Gasteiger partial charge in [0.2, 0.25) is 15.7 Å². The molecule has 3 rings (SSSR count). The van der Waals surface area contributed by atoms with Gasteiger partial charge < -0.3 is 24.8 Å². The van der Waals surface area contributed by atoms with Crippen LogP contribution in [0.15, 0.2) is 76.5 Å². The average molecular weight is 457 g/mol. The lowest BCUT2D eigenvalue weighted by Gasteiger charge is -2.15. The van der Waals surface area contributed by atoms with E-state index in [1.807, 2.05) is 0 Å². The molecule has 0 radical (unpaired) electrons. The van der Waals surface area contributed by atoms with Crippen molar-refractivity contribution in [3.8, 4) is 17.2 Å². The molecular weight excluding hydrogens is 432 g/mol. The van der Waals surface area contributed by atoms with E-state index in [9.17, 15) is 13.2 Å². The van der Waals surface area contributed by atoms with Crippen molar-refractivity contribution in [1.82, 2.24) is 0 Å². The maximum absolute atomic E-state index is 13.3. The van der Waals surface area contributed by atoms with Crippen molar-refractivity contribution in [2.45, 2.75) is 9.79 Å². The van der Waals surface area contributed by atoms with Crippen molar-refractivity contribution in [1.29, 1.82) is 0 Å². The Morgan fingerprint density at radius 2 is 1.41 bits per heavy atom. The highest BCUT2D eigenvalue weighted by molar-refractivity contribution is 7.91. The fourth-order valence-electron chi connectivity index (χ4n) is 3.08. The van der Waals surface area contributed by atoms with Crippen molar-refractivity contribution in [3.63, 3.8) is 0 Å². The highest BCUT2D eigenvalue weighted by atomic mass is 32.2. The molecule has 0 heterocycles. The van der Waals surface area contributed by atoms with E-state index < -0.39 is 9.84 Å². The lowest BCUT2D eigenvalue weighted by molar-refractivity contribution is -0.114. The van der Waals surface area contributed by atoms with Gasteiger partial charge in [-0.1, -0.05) is 24.3 Å². The van der Waals surface area contributed by atoms with Crippen molar-refractivity contribution < 1.29 is 27.4 Å². The molecule has 0 bridgehead atoms. The van der Waals surface area contributed by atoms with Crippen molar-refractivity contribution in [2.75, 3.05) is 38.5 Å². The highest BCUT2D eigenvalue weighted by Gasteiger charge is 2.23. The van der Waals surface area contributed by atoms with Crippen molar-refractivity contribution >= 4 is 27.1 Å².